The van der Waals surface area contributed by atoms with E-state index in [0.29, 0.717) is 25.3 Å². The van der Waals surface area contributed by atoms with Crippen LogP contribution in [0.4, 0.5) is 4.39 Å². The van der Waals surface area contributed by atoms with Gasteiger partial charge in [-0.2, -0.15) is 0 Å². The normalized spacial score (nSPS) is 10.9. The molecule has 2 N–H and O–H groups in total. The number of aromatic nitrogens is 1. The van der Waals surface area contributed by atoms with Crippen LogP contribution in [0.25, 0.3) is 10.9 Å². The van der Waals surface area contributed by atoms with Crippen molar-refractivity contribution in [2.75, 3.05) is 13.2 Å². The molecule has 3 aromatic rings. The van der Waals surface area contributed by atoms with E-state index >= 15 is 0 Å². The van der Waals surface area contributed by atoms with Crippen molar-refractivity contribution in [1.82, 2.24) is 10.3 Å². The number of aromatic amines is 1. The molecule has 0 radical (unpaired) electrons. The van der Waals surface area contributed by atoms with Crippen molar-refractivity contribution in [2.24, 2.45) is 0 Å². The molecule has 3 rings (SSSR count). The van der Waals surface area contributed by atoms with Gasteiger partial charge < -0.3 is 15.0 Å². The molecule has 1 heterocycles. The molecule has 4 nitrogen and oxygen atoms in total. The first kappa shape index (κ1) is 16.2. The van der Waals surface area contributed by atoms with Crippen LogP contribution >= 0.6 is 0 Å². The first-order valence-corrected chi connectivity index (χ1v) is 7.84. The molecule has 0 aliphatic heterocycles. The highest BCUT2D eigenvalue weighted by atomic mass is 19.1. The van der Waals surface area contributed by atoms with E-state index in [0.717, 1.165) is 16.5 Å². The lowest BCUT2D eigenvalue weighted by Gasteiger charge is -2.08. The summed E-state index contributed by atoms with van der Waals surface area (Å²) < 4.78 is 18.8. The van der Waals surface area contributed by atoms with Crippen LogP contribution in [0.5, 0.6) is 5.75 Å². The van der Waals surface area contributed by atoms with Gasteiger partial charge in [-0.1, -0.05) is 24.3 Å². The highest BCUT2D eigenvalue weighted by Gasteiger charge is 2.04. The topological polar surface area (TPSA) is 54.1 Å². The Balaban J connectivity index is 1.56. The lowest BCUT2D eigenvalue weighted by Crippen LogP contribution is -2.25. The van der Waals surface area contributed by atoms with Crippen LogP contribution in [0.1, 0.15) is 11.1 Å². The molecule has 1 aromatic heterocycles. The first-order chi connectivity index (χ1) is 11.6. The number of para-hydroxylation sites is 1. The van der Waals surface area contributed by atoms with Gasteiger partial charge in [0.05, 0.1) is 0 Å². The Morgan fingerprint density at radius 3 is 2.83 bits per heavy atom. The lowest BCUT2D eigenvalue weighted by molar-refractivity contribution is 0.298. The Hall–Kier alpha value is -2.66. The van der Waals surface area contributed by atoms with Gasteiger partial charge in [0.25, 0.3) is 5.56 Å². The molecule has 124 valence electrons. The van der Waals surface area contributed by atoms with E-state index in [1.165, 1.54) is 6.07 Å². The average molecular weight is 326 g/mol. The Kier molecular flexibility index (Phi) is 4.91. The highest BCUT2D eigenvalue weighted by Crippen LogP contribution is 2.15. The van der Waals surface area contributed by atoms with Crippen molar-refractivity contribution in [3.05, 3.63) is 75.8 Å². The fourth-order valence-electron chi connectivity index (χ4n) is 2.51. The van der Waals surface area contributed by atoms with Crippen molar-refractivity contribution in [2.45, 2.75) is 13.5 Å². The largest absolute Gasteiger partial charge is 0.489 e. The highest BCUT2D eigenvalue weighted by molar-refractivity contribution is 5.79. The number of hydrogen-bond acceptors (Lipinski definition) is 3. The number of halogens is 1. The van der Waals surface area contributed by atoms with Gasteiger partial charge >= 0.3 is 0 Å². The molecule has 0 atom stereocenters. The number of benzene rings is 2. The molecule has 0 spiro atoms. The summed E-state index contributed by atoms with van der Waals surface area (Å²) in [6.07, 6.45) is 0. The maximum Gasteiger partial charge on any atom is 0.252 e. The van der Waals surface area contributed by atoms with E-state index in [1.807, 2.05) is 31.2 Å². The van der Waals surface area contributed by atoms with E-state index in [9.17, 15) is 9.18 Å². The van der Waals surface area contributed by atoms with Crippen LogP contribution in [0, 0.1) is 12.7 Å². The molecule has 2 aromatic carbocycles. The molecule has 5 heteroatoms. The van der Waals surface area contributed by atoms with Gasteiger partial charge in [0.1, 0.15) is 6.61 Å². The second-order valence-corrected chi connectivity index (χ2v) is 5.67. The Labute approximate surface area is 139 Å². The number of pyridine rings is 1. The summed E-state index contributed by atoms with van der Waals surface area (Å²) in [5.41, 5.74) is 2.51. The van der Waals surface area contributed by atoms with Crippen LogP contribution < -0.4 is 15.6 Å². The van der Waals surface area contributed by atoms with E-state index in [-0.39, 0.29) is 17.1 Å². The maximum absolute atomic E-state index is 13.4. The molecule has 0 fully saturated rings. The SMILES string of the molecule is Cc1ccc2cc(CNCCOc3ccccc3F)c(=O)[nH]c2c1. The van der Waals surface area contributed by atoms with E-state index in [4.69, 9.17) is 4.74 Å². The number of ether oxygens (including phenoxy) is 1. The number of hydrogen-bond donors (Lipinski definition) is 2. The summed E-state index contributed by atoms with van der Waals surface area (Å²) in [6, 6.07) is 14.1. The van der Waals surface area contributed by atoms with Gasteiger partial charge in [-0.05, 0) is 42.1 Å². The molecule has 0 aliphatic rings. The summed E-state index contributed by atoms with van der Waals surface area (Å²) in [4.78, 5) is 15.0. The van der Waals surface area contributed by atoms with E-state index in [1.54, 1.807) is 18.2 Å². The lowest BCUT2D eigenvalue weighted by atomic mass is 10.1. The number of nitrogens with one attached hydrogen (secondary N) is 2. The molecule has 0 saturated carbocycles. The van der Waals surface area contributed by atoms with Crippen molar-refractivity contribution in [3.63, 3.8) is 0 Å². The summed E-state index contributed by atoms with van der Waals surface area (Å²) in [5, 5.41) is 4.14. The fourth-order valence-corrected chi connectivity index (χ4v) is 2.51. The fraction of sp³-hybridized carbons (Fsp3) is 0.211. The van der Waals surface area contributed by atoms with E-state index in [2.05, 4.69) is 10.3 Å². The summed E-state index contributed by atoms with van der Waals surface area (Å²) >= 11 is 0. The minimum Gasteiger partial charge on any atom is -0.489 e. The zero-order valence-corrected chi connectivity index (χ0v) is 13.4. The van der Waals surface area contributed by atoms with Gasteiger partial charge in [0.15, 0.2) is 11.6 Å². The number of fused-ring (bicyclic) bond motifs is 1. The molecule has 0 bridgehead atoms. The zero-order chi connectivity index (χ0) is 16.9. The standard InChI is InChI=1S/C19H19FN2O2/c1-13-6-7-14-11-15(19(23)22-17(14)10-13)12-21-8-9-24-18-5-3-2-4-16(18)20/h2-7,10-11,21H,8-9,12H2,1H3,(H,22,23). The number of rotatable bonds is 6. The molecule has 24 heavy (non-hydrogen) atoms. The predicted octanol–water partition coefficient (Wildman–Crippen LogP) is 3.14. The molecule has 0 saturated heterocycles. The molecule has 0 amide bonds. The van der Waals surface area contributed by atoms with Crippen molar-refractivity contribution >= 4 is 10.9 Å². The van der Waals surface area contributed by atoms with E-state index < -0.39 is 0 Å². The van der Waals surface area contributed by atoms with Crippen LogP contribution in [-0.4, -0.2) is 18.1 Å². The second-order valence-electron chi connectivity index (χ2n) is 5.67. The van der Waals surface area contributed by atoms with Crippen molar-refractivity contribution in [3.8, 4) is 5.75 Å². The molecular weight excluding hydrogens is 307 g/mol. The summed E-state index contributed by atoms with van der Waals surface area (Å²) in [5.74, 6) is -0.142. The third-order valence-electron chi connectivity index (χ3n) is 3.77. The molecular formula is C19H19FN2O2. The van der Waals surface area contributed by atoms with Crippen LogP contribution in [0.3, 0.4) is 0 Å². The number of aryl methyl sites for hydroxylation is 1. The summed E-state index contributed by atoms with van der Waals surface area (Å²) in [6.45, 7) is 3.26. The van der Waals surface area contributed by atoms with Crippen molar-refractivity contribution in [1.29, 1.82) is 0 Å². The zero-order valence-electron chi connectivity index (χ0n) is 13.4. The van der Waals surface area contributed by atoms with Gasteiger partial charge in [0.2, 0.25) is 0 Å². The second kappa shape index (κ2) is 7.27. The first-order valence-electron chi connectivity index (χ1n) is 7.84. The van der Waals surface area contributed by atoms with Crippen LogP contribution in [0.15, 0.2) is 53.3 Å². The number of H-pyrrole nitrogens is 1. The smallest absolute Gasteiger partial charge is 0.252 e. The quantitative estimate of drug-likeness (QED) is 0.684. The van der Waals surface area contributed by atoms with Gasteiger partial charge in [-0.25, -0.2) is 4.39 Å². The third-order valence-corrected chi connectivity index (χ3v) is 3.77. The molecule has 0 aliphatic carbocycles. The monoisotopic (exact) mass is 326 g/mol. The third kappa shape index (κ3) is 3.81. The van der Waals surface area contributed by atoms with Crippen LogP contribution in [0.2, 0.25) is 0 Å². The Morgan fingerprint density at radius 1 is 1.17 bits per heavy atom. The van der Waals surface area contributed by atoms with Gasteiger partial charge in [-0.3, -0.25) is 4.79 Å². The minimum absolute atomic E-state index is 0.101. The minimum atomic E-state index is -0.376. The average Bonchev–Trinajstić information content (AvgIpc) is 2.56. The van der Waals surface area contributed by atoms with Crippen LogP contribution in [-0.2, 0) is 6.54 Å². The van der Waals surface area contributed by atoms with Crippen molar-refractivity contribution < 1.29 is 9.13 Å². The Bertz CT molecular complexity index is 905. The Morgan fingerprint density at radius 2 is 2.00 bits per heavy atom. The molecule has 0 unspecified atom stereocenters. The summed E-state index contributed by atoms with van der Waals surface area (Å²) in [7, 11) is 0. The van der Waals surface area contributed by atoms with Gasteiger partial charge in [0, 0.05) is 24.2 Å². The maximum atomic E-state index is 13.4. The predicted molar refractivity (Wildman–Crippen MR) is 92.9 cm³/mol. The van der Waals surface area contributed by atoms with Gasteiger partial charge in [-0.15, -0.1) is 0 Å².